The van der Waals surface area contributed by atoms with Gasteiger partial charge in [0.15, 0.2) is 0 Å². The molecular weight excluding hydrogens is 187 g/mol. The topological polar surface area (TPSA) is 29.9 Å². The molecule has 0 aliphatic heterocycles. The average molecular weight is 198 g/mol. The monoisotopic (exact) mass is 198 g/mol. The maximum absolute atomic E-state index is 9.75. The van der Waals surface area contributed by atoms with E-state index >= 15 is 0 Å². The Balaban J connectivity index is 0.000000252. The lowest BCUT2D eigenvalue weighted by Crippen LogP contribution is -2.02. The molecule has 0 fully saturated rings. The van der Waals surface area contributed by atoms with Crippen molar-refractivity contribution in [2.45, 2.75) is 20.3 Å². The summed E-state index contributed by atoms with van der Waals surface area (Å²) in [6.45, 7) is 4.15. The van der Waals surface area contributed by atoms with Gasteiger partial charge in [-0.1, -0.05) is 6.92 Å². The highest BCUT2D eigenvalue weighted by Gasteiger charge is 2.20. The van der Waals surface area contributed by atoms with Gasteiger partial charge < -0.3 is 17.3 Å². The van der Waals surface area contributed by atoms with Gasteiger partial charge in [0.05, 0.1) is 0 Å². The Hall–Kier alpha value is -1.01. The maximum atomic E-state index is 9.75. The predicted octanol–water partition coefficient (Wildman–Crippen LogP) is 2.00. The molecule has 0 spiro atoms. The smallest absolute Gasteiger partial charge is 0.418 e. The fourth-order valence-corrected chi connectivity index (χ4v) is 0.696. The fourth-order valence-electron chi connectivity index (χ4n) is 0.696. The third-order valence-electron chi connectivity index (χ3n) is 1.16. The van der Waals surface area contributed by atoms with E-state index in [4.69, 9.17) is 0 Å². The first-order chi connectivity index (χ1) is 5.83. The Morgan fingerprint density at radius 1 is 1.38 bits per heavy atom. The van der Waals surface area contributed by atoms with Crippen molar-refractivity contribution >= 4 is 7.25 Å². The second-order valence-electron chi connectivity index (χ2n) is 2.42. The molecule has 0 atom stereocenters. The van der Waals surface area contributed by atoms with Gasteiger partial charge in [-0.25, -0.2) is 9.97 Å². The summed E-state index contributed by atoms with van der Waals surface area (Å²) in [5.41, 5.74) is 1.20. The minimum atomic E-state index is -6.00. The van der Waals surface area contributed by atoms with Gasteiger partial charge in [0.2, 0.25) is 0 Å². The zero-order valence-electron chi connectivity index (χ0n) is 7.37. The minimum absolute atomic E-state index is 1.05. The SMILES string of the molecule is CCc1[nH]c(C)c[nH+]1.F[B-](F)(F)F. The number of hydrogen-bond acceptors (Lipinski definition) is 0. The van der Waals surface area contributed by atoms with Crippen LogP contribution in [0.15, 0.2) is 6.20 Å². The van der Waals surface area contributed by atoms with Gasteiger partial charge in [-0.05, 0) is 0 Å². The zero-order chi connectivity index (χ0) is 10.5. The van der Waals surface area contributed by atoms with Crippen LogP contribution in [0, 0.1) is 6.92 Å². The van der Waals surface area contributed by atoms with Gasteiger partial charge in [0.25, 0.3) is 5.82 Å². The molecular formula is C6H11BF4N2. The van der Waals surface area contributed by atoms with Crippen LogP contribution in [0.3, 0.4) is 0 Å². The molecule has 13 heavy (non-hydrogen) atoms. The van der Waals surface area contributed by atoms with Gasteiger partial charge in [0, 0.05) is 13.3 Å². The summed E-state index contributed by atoms with van der Waals surface area (Å²) in [5.74, 6) is 1.20. The van der Waals surface area contributed by atoms with E-state index in [1.165, 1.54) is 11.5 Å². The van der Waals surface area contributed by atoms with Gasteiger partial charge in [-0.15, -0.1) is 0 Å². The molecule has 76 valence electrons. The first-order valence-electron chi connectivity index (χ1n) is 3.76. The molecule has 2 N–H and O–H groups in total. The fraction of sp³-hybridized carbons (Fsp3) is 0.500. The summed E-state index contributed by atoms with van der Waals surface area (Å²) in [6.07, 6.45) is 3.02. The van der Waals surface area contributed by atoms with E-state index in [0.29, 0.717) is 0 Å². The summed E-state index contributed by atoms with van der Waals surface area (Å²) in [4.78, 5) is 6.27. The first kappa shape index (κ1) is 12.0. The van der Waals surface area contributed by atoms with Crippen molar-refractivity contribution in [3.8, 4) is 0 Å². The van der Waals surface area contributed by atoms with Crippen LogP contribution in [0.4, 0.5) is 17.3 Å². The molecule has 2 nitrogen and oxygen atoms in total. The highest BCUT2D eigenvalue weighted by atomic mass is 19.5. The van der Waals surface area contributed by atoms with Gasteiger partial charge in [-0.3, -0.25) is 0 Å². The number of aryl methyl sites for hydroxylation is 2. The number of H-pyrrole nitrogens is 2. The van der Waals surface area contributed by atoms with Crippen LogP contribution in [-0.2, 0) is 6.42 Å². The van der Waals surface area contributed by atoms with Crippen molar-refractivity contribution in [1.82, 2.24) is 4.98 Å². The van der Waals surface area contributed by atoms with Gasteiger partial charge in [-0.2, -0.15) is 0 Å². The summed E-state index contributed by atoms with van der Waals surface area (Å²) < 4.78 is 39.0. The number of aromatic amines is 2. The van der Waals surface area contributed by atoms with E-state index in [1.807, 2.05) is 13.1 Å². The molecule has 0 aliphatic carbocycles. The van der Waals surface area contributed by atoms with Crippen molar-refractivity contribution in [2.24, 2.45) is 0 Å². The lowest BCUT2D eigenvalue weighted by atomic mass is 10.3. The van der Waals surface area contributed by atoms with Crippen molar-refractivity contribution in [1.29, 1.82) is 0 Å². The van der Waals surface area contributed by atoms with Crippen LogP contribution >= 0.6 is 0 Å². The van der Waals surface area contributed by atoms with E-state index < -0.39 is 7.25 Å². The third-order valence-corrected chi connectivity index (χ3v) is 1.16. The summed E-state index contributed by atoms with van der Waals surface area (Å²) >= 11 is 0. The van der Waals surface area contributed by atoms with Crippen molar-refractivity contribution < 1.29 is 22.2 Å². The molecule has 1 rings (SSSR count). The lowest BCUT2D eigenvalue weighted by molar-refractivity contribution is -0.388. The number of imidazole rings is 1. The Morgan fingerprint density at radius 2 is 1.85 bits per heavy atom. The van der Waals surface area contributed by atoms with Gasteiger partial charge >= 0.3 is 7.25 Å². The second-order valence-corrected chi connectivity index (χ2v) is 2.42. The van der Waals surface area contributed by atoms with Crippen LogP contribution in [0.5, 0.6) is 0 Å². The number of nitrogens with one attached hydrogen (secondary N) is 2. The van der Waals surface area contributed by atoms with Crippen molar-refractivity contribution in [2.75, 3.05) is 0 Å². The molecule has 7 heteroatoms. The quantitative estimate of drug-likeness (QED) is 0.528. The molecule has 0 radical (unpaired) electrons. The van der Waals surface area contributed by atoms with Crippen LogP contribution in [0.1, 0.15) is 18.4 Å². The average Bonchev–Trinajstić information content (AvgIpc) is 2.31. The molecule has 0 saturated carbocycles. The zero-order valence-corrected chi connectivity index (χ0v) is 7.37. The number of hydrogen-bond donors (Lipinski definition) is 1. The summed E-state index contributed by atoms with van der Waals surface area (Å²) in [6, 6.07) is 0. The second kappa shape index (κ2) is 4.88. The van der Waals surface area contributed by atoms with Crippen LogP contribution < -0.4 is 4.98 Å². The van der Waals surface area contributed by atoms with E-state index in [0.717, 1.165) is 6.42 Å². The molecule has 0 aromatic carbocycles. The van der Waals surface area contributed by atoms with Crippen LogP contribution in [0.25, 0.3) is 0 Å². The van der Waals surface area contributed by atoms with E-state index in [-0.39, 0.29) is 0 Å². The van der Waals surface area contributed by atoms with Crippen LogP contribution in [-0.4, -0.2) is 12.2 Å². The largest absolute Gasteiger partial charge is 0.673 e. The molecule has 0 amide bonds. The Bertz CT molecular complexity index is 239. The first-order valence-corrected chi connectivity index (χ1v) is 3.76. The molecule has 0 saturated heterocycles. The lowest BCUT2D eigenvalue weighted by Gasteiger charge is -1.94. The molecule has 0 bridgehead atoms. The Morgan fingerprint density at radius 3 is 2.00 bits per heavy atom. The molecule has 1 aromatic heterocycles. The minimum Gasteiger partial charge on any atom is -0.418 e. The van der Waals surface area contributed by atoms with E-state index in [9.17, 15) is 17.3 Å². The number of aromatic nitrogens is 2. The highest BCUT2D eigenvalue weighted by molar-refractivity contribution is 6.50. The van der Waals surface area contributed by atoms with E-state index in [2.05, 4.69) is 16.9 Å². The van der Waals surface area contributed by atoms with Crippen molar-refractivity contribution in [3.63, 3.8) is 0 Å². The maximum Gasteiger partial charge on any atom is 0.673 e. The molecule has 1 aromatic rings. The normalized spacial score (nSPS) is 10.6. The Labute approximate surface area is 73.5 Å². The highest BCUT2D eigenvalue weighted by Crippen LogP contribution is 2.06. The van der Waals surface area contributed by atoms with E-state index in [1.54, 1.807) is 0 Å². The summed E-state index contributed by atoms with van der Waals surface area (Å²) in [7, 11) is -6.00. The van der Waals surface area contributed by atoms with Crippen molar-refractivity contribution in [3.05, 3.63) is 17.7 Å². The Kier molecular flexibility index (Phi) is 4.51. The third kappa shape index (κ3) is 8.90. The predicted molar refractivity (Wildman–Crippen MR) is 41.6 cm³/mol. The number of rotatable bonds is 1. The van der Waals surface area contributed by atoms with Gasteiger partial charge in [0.1, 0.15) is 11.9 Å². The standard InChI is InChI=1S/C6H10N2.BF4/c1-3-6-7-4-5(2)8-6;2-1(3,4)5/h4H,3H2,1-2H3,(H,7,8);/q;-1/p+1. The van der Waals surface area contributed by atoms with Crippen LogP contribution in [0.2, 0.25) is 0 Å². The molecule has 0 aliphatic rings. The molecule has 0 unspecified atom stereocenters. The number of halogens is 4. The molecule has 1 heterocycles. The summed E-state index contributed by atoms with van der Waals surface area (Å²) in [5, 5.41) is 0.